The lowest BCUT2D eigenvalue weighted by Gasteiger charge is -2.18. The Labute approximate surface area is 217 Å². The Morgan fingerprint density at radius 2 is 1.29 bits per heavy atom. The summed E-state index contributed by atoms with van der Waals surface area (Å²) in [6.45, 7) is 0. The molecule has 12 nitrogen and oxygen atoms in total. The van der Waals surface area contributed by atoms with Gasteiger partial charge in [0, 0.05) is 5.56 Å². The van der Waals surface area contributed by atoms with E-state index in [9.17, 15) is 24.0 Å². The normalized spacial score (nSPS) is 11.4. The van der Waals surface area contributed by atoms with Gasteiger partial charge in [-0.2, -0.15) is 10.1 Å². The zero-order chi connectivity index (χ0) is 28.1. The predicted molar refractivity (Wildman–Crippen MR) is 132 cm³/mol. The summed E-state index contributed by atoms with van der Waals surface area (Å²) in [6.07, 6.45) is 2.85. The van der Waals surface area contributed by atoms with Crippen molar-refractivity contribution in [1.82, 2.24) is 5.01 Å². The second kappa shape index (κ2) is 14.3. The van der Waals surface area contributed by atoms with Crippen LogP contribution in [0.2, 0.25) is 0 Å². The number of methoxy groups -OCH3 is 4. The van der Waals surface area contributed by atoms with E-state index >= 15 is 0 Å². The summed E-state index contributed by atoms with van der Waals surface area (Å²) in [6, 6.07) is 13.9. The lowest BCUT2D eigenvalue weighted by atomic mass is 10.2. The maximum absolute atomic E-state index is 13.2. The molecule has 2 rings (SSSR count). The number of carbonyl (C=O) groups is 5. The minimum atomic E-state index is -1.01. The van der Waals surface area contributed by atoms with Crippen molar-refractivity contribution in [3.05, 3.63) is 89.3 Å². The molecule has 12 heteroatoms. The average molecular weight is 524 g/mol. The van der Waals surface area contributed by atoms with Gasteiger partial charge in [-0.1, -0.05) is 18.2 Å². The number of rotatable bonds is 10. The first kappa shape index (κ1) is 29.0. The summed E-state index contributed by atoms with van der Waals surface area (Å²) in [5, 5.41) is 4.81. The van der Waals surface area contributed by atoms with Crippen LogP contribution in [0.1, 0.15) is 15.9 Å². The number of amides is 1. The van der Waals surface area contributed by atoms with E-state index < -0.39 is 41.2 Å². The second-order valence-corrected chi connectivity index (χ2v) is 6.97. The van der Waals surface area contributed by atoms with Gasteiger partial charge >= 0.3 is 23.9 Å². The molecule has 0 aliphatic carbocycles. The molecule has 0 N–H and O–H groups in total. The number of nitrogens with zero attached hydrogens (tertiary/aromatic N) is 2. The molecule has 0 spiro atoms. The van der Waals surface area contributed by atoms with E-state index in [1.165, 1.54) is 42.6 Å². The molecule has 38 heavy (non-hydrogen) atoms. The molecule has 0 atom stereocenters. The standard InChI is InChI=1S/C26H24N2O10/c1-34-22(29)14-20(25(32)36-3)28(24(31)18-8-6-5-7-9-18)27-16-17-10-12-19(13-11-17)38-21(26(33)37-4)15-23(30)35-2/h5-16H,1-4H3/b20-14-,21-15+,27-16+. The highest BCUT2D eigenvalue weighted by molar-refractivity contribution is 6.04. The number of ether oxygens (including phenoxy) is 5. The molecule has 0 unspecified atom stereocenters. The van der Waals surface area contributed by atoms with Crippen molar-refractivity contribution in [3.63, 3.8) is 0 Å². The zero-order valence-corrected chi connectivity index (χ0v) is 20.9. The van der Waals surface area contributed by atoms with Crippen LogP contribution in [0.25, 0.3) is 0 Å². The molecular formula is C26H24N2O10. The highest BCUT2D eigenvalue weighted by Gasteiger charge is 2.26. The third-order valence-electron chi connectivity index (χ3n) is 4.56. The summed E-state index contributed by atoms with van der Waals surface area (Å²) in [5.41, 5.74) is 0.128. The Morgan fingerprint density at radius 3 is 1.84 bits per heavy atom. The van der Waals surface area contributed by atoms with Crippen molar-refractivity contribution in [3.8, 4) is 5.75 Å². The van der Waals surface area contributed by atoms with Gasteiger partial charge in [-0.3, -0.25) is 4.79 Å². The minimum Gasteiger partial charge on any atom is -0.466 e. The summed E-state index contributed by atoms with van der Waals surface area (Å²) in [4.78, 5) is 60.9. The van der Waals surface area contributed by atoms with Crippen LogP contribution in [0.4, 0.5) is 0 Å². The monoisotopic (exact) mass is 524 g/mol. The van der Waals surface area contributed by atoms with Gasteiger partial charge in [0.25, 0.3) is 5.91 Å². The minimum absolute atomic E-state index is 0.167. The van der Waals surface area contributed by atoms with Crippen LogP contribution in [-0.2, 0) is 38.1 Å². The van der Waals surface area contributed by atoms with Gasteiger partial charge in [0.05, 0.1) is 46.8 Å². The van der Waals surface area contributed by atoms with E-state index in [1.807, 2.05) is 0 Å². The molecule has 0 saturated heterocycles. The van der Waals surface area contributed by atoms with Gasteiger partial charge in [-0.25, -0.2) is 19.2 Å². The molecule has 198 valence electrons. The Morgan fingerprint density at radius 1 is 0.711 bits per heavy atom. The number of hydrogen-bond acceptors (Lipinski definition) is 11. The van der Waals surface area contributed by atoms with Crippen molar-refractivity contribution in [2.45, 2.75) is 0 Å². The van der Waals surface area contributed by atoms with Gasteiger partial charge in [0.1, 0.15) is 5.75 Å². The molecule has 2 aromatic rings. The molecule has 0 radical (unpaired) electrons. The van der Waals surface area contributed by atoms with E-state index in [1.54, 1.807) is 18.2 Å². The molecule has 0 heterocycles. The molecule has 0 aliphatic rings. The van der Waals surface area contributed by atoms with Gasteiger partial charge in [0.15, 0.2) is 5.70 Å². The lowest BCUT2D eigenvalue weighted by molar-refractivity contribution is -0.140. The van der Waals surface area contributed by atoms with Crippen LogP contribution >= 0.6 is 0 Å². The van der Waals surface area contributed by atoms with Crippen molar-refractivity contribution in [2.24, 2.45) is 5.10 Å². The Hall–Kier alpha value is -5.26. The first-order chi connectivity index (χ1) is 18.2. The van der Waals surface area contributed by atoms with Crippen LogP contribution < -0.4 is 4.74 Å². The topological polar surface area (TPSA) is 147 Å². The van der Waals surface area contributed by atoms with E-state index in [0.29, 0.717) is 10.6 Å². The highest BCUT2D eigenvalue weighted by atomic mass is 16.6. The van der Waals surface area contributed by atoms with Crippen molar-refractivity contribution >= 4 is 36.0 Å². The fourth-order valence-corrected chi connectivity index (χ4v) is 2.68. The SMILES string of the molecule is COC(=O)/C=C(/C(=O)OC)N(/N=C/c1ccc(O/C(=C/C(=O)OC)C(=O)OC)cc1)C(=O)c1ccccc1. The first-order valence-corrected chi connectivity index (χ1v) is 10.7. The zero-order valence-electron chi connectivity index (χ0n) is 20.9. The fourth-order valence-electron chi connectivity index (χ4n) is 2.68. The largest absolute Gasteiger partial charge is 0.466 e. The number of benzene rings is 2. The Kier molecular flexibility index (Phi) is 10.9. The third kappa shape index (κ3) is 8.16. The van der Waals surface area contributed by atoms with Crippen LogP contribution in [0.3, 0.4) is 0 Å². The molecule has 0 saturated carbocycles. The summed E-state index contributed by atoms with van der Waals surface area (Å²) < 4.78 is 23.8. The quantitative estimate of drug-likeness (QED) is 0.113. The molecule has 0 fully saturated rings. The highest BCUT2D eigenvalue weighted by Crippen LogP contribution is 2.17. The Bertz CT molecular complexity index is 1260. The molecule has 0 aliphatic heterocycles. The van der Waals surface area contributed by atoms with Crippen LogP contribution in [0, 0.1) is 0 Å². The maximum Gasteiger partial charge on any atom is 0.374 e. The molecule has 2 aromatic carbocycles. The van der Waals surface area contributed by atoms with Gasteiger partial charge in [0.2, 0.25) is 5.76 Å². The number of carbonyl (C=O) groups excluding carboxylic acids is 5. The number of hydrogen-bond donors (Lipinski definition) is 0. The van der Waals surface area contributed by atoms with E-state index in [0.717, 1.165) is 40.6 Å². The molecule has 0 bridgehead atoms. The Balaban J connectivity index is 2.41. The van der Waals surface area contributed by atoms with E-state index in [2.05, 4.69) is 19.3 Å². The average Bonchev–Trinajstić information content (AvgIpc) is 2.96. The van der Waals surface area contributed by atoms with Crippen LogP contribution in [-0.4, -0.2) is 69.4 Å². The van der Waals surface area contributed by atoms with E-state index in [-0.39, 0.29) is 11.3 Å². The van der Waals surface area contributed by atoms with Gasteiger partial charge < -0.3 is 23.7 Å². The lowest BCUT2D eigenvalue weighted by Crippen LogP contribution is -2.31. The van der Waals surface area contributed by atoms with Gasteiger partial charge in [-0.15, -0.1) is 0 Å². The summed E-state index contributed by atoms with van der Waals surface area (Å²) >= 11 is 0. The fraction of sp³-hybridized carbons (Fsp3) is 0.154. The predicted octanol–water partition coefficient (Wildman–Crippen LogP) is 2.00. The van der Waals surface area contributed by atoms with Crippen LogP contribution in [0.5, 0.6) is 5.75 Å². The first-order valence-electron chi connectivity index (χ1n) is 10.7. The van der Waals surface area contributed by atoms with Gasteiger partial charge in [-0.05, 0) is 42.0 Å². The molecular weight excluding hydrogens is 500 g/mol. The number of hydrazone groups is 1. The summed E-state index contributed by atoms with van der Waals surface area (Å²) in [5.74, 6) is -4.60. The van der Waals surface area contributed by atoms with Crippen molar-refractivity contribution in [2.75, 3.05) is 28.4 Å². The van der Waals surface area contributed by atoms with E-state index in [4.69, 9.17) is 9.47 Å². The second-order valence-electron chi connectivity index (χ2n) is 6.97. The smallest absolute Gasteiger partial charge is 0.374 e. The number of esters is 4. The van der Waals surface area contributed by atoms with Crippen LogP contribution in [0.15, 0.2) is 83.3 Å². The molecule has 0 aromatic heterocycles. The summed E-state index contributed by atoms with van der Waals surface area (Å²) in [7, 11) is 4.45. The third-order valence-corrected chi connectivity index (χ3v) is 4.56. The molecule has 1 amide bonds. The van der Waals surface area contributed by atoms with Crippen molar-refractivity contribution in [1.29, 1.82) is 0 Å². The maximum atomic E-state index is 13.2. The van der Waals surface area contributed by atoms with Crippen molar-refractivity contribution < 1.29 is 47.7 Å².